The number of carbonyl (C=O) groups is 1. The van der Waals surface area contributed by atoms with Gasteiger partial charge in [-0.1, -0.05) is 23.2 Å². The van der Waals surface area contributed by atoms with Gasteiger partial charge in [-0.15, -0.1) is 0 Å². The third-order valence-corrected chi connectivity index (χ3v) is 5.38. The maximum Gasteiger partial charge on any atom is 0.255 e. The Morgan fingerprint density at radius 1 is 1.03 bits per heavy atom. The van der Waals surface area contributed by atoms with Crippen molar-refractivity contribution >= 4 is 46.4 Å². The van der Waals surface area contributed by atoms with Gasteiger partial charge < -0.3 is 20.5 Å². The zero-order chi connectivity index (χ0) is 21.8. The van der Waals surface area contributed by atoms with Crippen molar-refractivity contribution in [2.75, 3.05) is 23.8 Å². The molecule has 0 spiro atoms. The number of ether oxygens (including phenoxy) is 1. The molecule has 1 saturated heterocycles. The number of halogens is 2. The SMILES string of the molecule is O=C(Nc1cnc(Cl)cc1C1(O)CCOCC1)c1ccnc(Nc2ccc(Cl)cn2)c1. The number of nitrogens with zero attached hydrogens (tertiary/aromatic N) is 3. The third-order valence-electron chi connectivity index (χ3n) is 4.95. The van der Waals surface area contributed by atoms with E-state index < -0.39 is 5.60 Å². The predicted molar refractivity (Wildman–Crippen MR) is 118 cm³/mol. The molecular formula is C21H19Cl2N5O3. The van der Waals surface area contributed by atoms with Crippen LogP contribution in [0.15, 0.2) is 48.9 Å². The molecule has 0 bridgehead atoms. The van der Waals surface area contributed by atoms with Gasteiger partial charge in [0.2, 0.25) is 0 Å². The monoisotopic (exact) mass is 459 g/mol. The number of pyridine rings is 3. The Bertz CT molecular complexity index is 1090. The van der Waals surface area contributed by atoms with Crippen LogP contribution in [0.25, 0.3) is 0 Å². The van der Waals surface area contributed by atoms with Gasteiger partial charge in [0.1, 0.15) is 16.8 Å². The average Bonchev–Trinajstić information content (AvgIpc) is 2.77. The number of anilines is 3. The van der Waals surface area contributed by atoms with E-state index in [1.165, 1.54) is 18.6 Å². The molecule has 31 heavy (non-hydrogen) atoms. The van der Waals surface area contributed by atoms with Crippen molar-refractivity contribution < 1.29 is 14.6 Å². The molecule has 0 aromatic carbocycles. The van der Waals surface area contributed by atoms with Crippen LogP contribution in [0.1, 0.15) is 28.8 Å². The number of nitrogens with one attached hydrogen (secondary N) is 2. The molecule has 4 heterocycles. The maximum atomic E-state index is 12.9. The summed E-state index contributed by atoms with van der Waals surface area (Å²) in [5.74, 6) is 0.607. The van der Waals surface area contributed by atoms with Crippen LogP contribution in [0.2, 0.25) is 10.2 Å². The summed E-state index contributed by atoms with van der Waals surface area (Å²) in [6, 6.07) is 8.16. The molecule has 0 saturated carbocycles. The van der Waals surface area contributed by atoms with Gasteiger partial charge in [0.25, 0.3) is 5.91 Å². The summed E-state index contributed by atoms with van der Waals surface area (Å²) in [6.07, 6.45) is 5.26. The highest BCUT2D eigenvalue weighted by Crippen LogP contribution is 2.37. The van der Waals surface area contributed by atoms with E-state index in [2.05, 4.69) is 25.6 Å². The second-order valence-corrected chi connectivity index (χ2v) is 7.89. The maximum absolute atomic E-state index is 12.9. The van der Waals surface area contributed by atoms with Gasteiger partial charge in [-0.05, 0) is 30.3 Å². The molecule has 1 fully saturated rings. The van der Waals surface area contributed by atoms with Crippen LogP contribution in [0.4, 0.5) is 17.3 Å². The van der Waals surface area contributed by atoms with Gasteiger partial charge in [-0.3, -0.25) is 4.79 Å². The first kappa shape index (κ1) is 21.5. The Morgan fingerprint density at radius 2 is 1.84 bits per heavy atom. The third kappa shape index (κ3) is 5.11. The lowest BCUT2D eigenvalue weighted by Crippen LogP contribution is -2.34. The van der Waals surface area contributed by atoms with Gasteiger partial charge in [-0.25, -0.2) is 15.0 Å². The van der Waals surface area contributed by atoms with Crippen molar-refractivity contribution in [3.05, 3.63) is 70.2 Å². The van der Waals surface area contributed by atoms with E-state index in [4.69, 9.17) is 27.9 Å². The number of amides is 1. The summed E-state index contributed by atoms with van der Waals surface area (Å²) in [5.41, 5.74) is 0.122. The molecule has 10 heteroatoms. The number of hydrogen-bond acceptors (Lipinski definition) is 7. The lowest BCUT2D eigenvalue weighted by atomic mass is 9.86. The highest BCUT2D eigenvalue weighted by molar-refractivity contribution is 6.30. The average molecular weight is 460 g/mol. The summed E-state index contributed by atoms with van der Waals surface area (Å²) >= 11 is 11.9. The standard InChI is InChI=1S/C21H19Cl2N5O3/c22-14-1-2-18(26-11-14)28-19-9-13(3-6-24-19)20(29)27-16-12-25-17(23)10-15(16)21(30)4-7-31-8-5-21/h1-3,6,9-12,30H,4-5,7-8H2,(H,27,29)(H,24,26,28). The second kappa shape index (κ2) is 9.15. The highest BCUT2D eigenvalue weighted by atomic mass is 35.5. The molecule has 0 radical (unpaired) electrons. The molecular weight excluding hydrogens is 441 g/mol. The van der Waals surface area contributed by atoms with Crippen LogP contribution in [0.3, 0.4) is 0 Å². The quantitative estimate of drug-likeness (QED) is 0.491. The van der Waals surface area contributed by atoms with Gasteiger partial charge in [-0.2, -0.15) is 0 Å². The van der Waals surface area contributed by atoms with E-state index in [0.29, 0.717) is 59.5 Å². The van der Waals surface area contributed by atoms with Crippen molar-refractivity contribution in [2.45, 2.75) is 18.4 Å². The van der Waals surface area contributed by atoms with Gasteiger partial charge >= 0.3 is 0 Å². The number of carbonyl (C=O) groups excluding carboxylic acids is 1. The van der Waals surface area contributed by atoms with Gasteiger partial charge in [0, 0.05) is 49.6 Å². The highest BCUT2D eigenvalue weighted by Gasteiger charge is 2.34. The molecule has 3 N–H and O–H groups in total. The molecule has 8 nitrogen and oxygen atoms in total. The molecule has 4 rings (SSSR count). The summed E-state index contributed by atoms with van der Waals surface area (Å²) in [6.45, 7) is 0.837. The normalized spacial score (nSPS) is 15.3. The smallest absolute Gasteiger partial charge is 0.255 e. The van der Waals surface area contributed by atoms with Crippen LogP contribution >= 0.6 is 23.2 Å². The Morgan fingerprint density at radius 3 is 2.58 bits per heavy atom. The van der Waals surface area contributed by atoms with Crippen molar-refractivity contribution in [3.63, 3.8) is 0 Å². The number of hydrogen-bond donors (Lipinski definition) is 3. The van der Waals surface area contributed by atoms with E-state index in [-0.39, 0.29) is 11.1 Å². The Balaban J connectivity index is 1.55. The first-order valence-corrected chi connectivity index (χ1v) is 10.3. The second-order valence-electron chi connectivity index (χ2n) is 7.07. The van der Waals surface area contributed by atoms with E-state index in [0.717, 1.165) is 0 Å². The van der Waals surface area contributed by atoms with Crippen LogP contribution < -0.4 is 10.6 Å². The van der Waals surface area contributed by atoms with E-state index in [1.807, 2.05) is 0 Å². The Kier molecular flexibility index (Phi) is 6.33. The molecule has 160 valence electrons. The van der Waals surface area contributed by atoms with Crippen molar-refractivity contribution in [3.8, 4) is 0 Å². The molecule has 3 aromatic heterocycles. The van der Waals surface area contributed by atoms with Crippen molar-refractivity contribution in [1.29, 1.82) is 0 Å². The first-order valence-electron chi connectivity index (χ1n) is 9.55. The van der Waals surface area contributed by atoms with E-state index in [9.17, 15) is 9.90 Å². The fourth-order valence-electron chi connectivity index (χ4n) is 3.31. The molecule has 0 atom stereocenters. The zero-order valence-electron chi connectivity index (χ0n) is 16.3. The number of aromatic nitrogens is 3. The Labute approximate surface area is 188 Å². The zero-order valence-corrected chi connectivity index (χ0v) is 17.8. The number of aliphatic hydroxyl groups is 1. The topological polar surface area (TPSA) is 109 Å². The van der Waals surface area contributed by atoms with Crippen LogP contribution in [0, 0.1) is 0 Å². The van der Waals surface area contributed by atoms with E-state index >= 15 is 0 Å². The lowest BCUT2D eigenvalue weighted by Gasteiger charge is -2.33. The fourth-order valence-corrected chi connectivity index (χ4v) is 3.58. The minimum absolute atomic E-state index is 0.235. The molecule has 1 aliphatic heterocycles. The van der Waals surface area contributed by atoms with Crippen molar-refractivity contribution in [1.82, 2.24) is 15.0 Å². The largest absolute Gasteiger partial charge is 0.385 e. The van der Waals surface area contributed by atoms with Crippen LogP contribution in [-0.2, 0) is 10.3 Å². The van der Waals surface area contributed by atoms with Crippen LogP contribution in [0.5, 0.6) is 0 Å². The fraction of sp³-hybridized carbons (Fsp3) is 0.238. The predicted octanol–water partition coefficient (Wildman–Crippen LogP) is 4.17. The van der Waals surface area contributed by atoms with Gasteiger partial charge in [0.05, 0.1) is 22.5 Å². The van der Waals surface area contributed by atoms with E-state index in [1.54, 1.807) is 30.3 Å². The summed E-state index contributed by atoms with van der Waals surface area (Å²) in [4.78, 5) is 25.3. The first-order chi connectivity index (χ1) is 14.9. The molecule has 1 aliphatic rings. The molecule has 3 aromatic rings. The molecule has 1 amide bonds. The van der Waals surface area contributed by atoms with Crippen molar-refractivity contribution in [2.24, 2.45) is 0 Å². The minimum atomic E-state index is -1.15. The lowest BCUT2D eigenvalue weighted by molar-refractivity contribution is -0.0674. The summed E-state index contributed by atoms with van der Waals surface area (Å²) < 4.78 is 5.35. The minimum Gasteiger partial charge on any atom is -0.385 e. The molecule has 0 aliphatic carbocycles. The summed E-state index contributed by atoms with van der Waals surface area (Å²) in [7, 11) is 0. The van der Waals surface area contributed by atoms with Crippen LogP contribution in [-0.4, -0.2) is 39.2 Å². The number of rotatable bonds is 5. The van der Waals surface area contributed by atoms with Gasteiger partial charge in [0.15, 0.2) is 0 Å². The summed E-state index contributed by atoms with van der Waals surface area (Å²) in [5, 5.41) is 17.7. The molecule has 0 unspecified atom stereocenters. The Hall–Kier alpha value is -2.78.